The van der Waals surface area contributed by atoms with E-state index in [1.54, 1.807) is 6.07 Å². The summed E-state index contributed by atoms with van der Waals surface area (Å²) < 4.78 is 0. The fraction of sp³-hybridized carbons (Fsp3) is 0.273. The number of ketones is 1. The van der Waals surface area contributed by atoms with Gasteiger partial charge in [-0.15, -0.1) is 0 Å². The molecule has 3 nitrogen and oxygen atoms in total. The van der Waals surface area contributed by atoms with Gasteiger partial charge in [0.15, 0.2) is 5.78 Å². The maximum atomic E-state index is 11.4. The minimum absolute atomic E-state index is 0.0615. The van der Waals surface area contributed by atoms with Crippen LogP contribution in [0.1, 0.15) is 21.5 Å². The number of Topliss-reactive ketones (excluding diaryl/α,β-unsaturated/α-hetero) is 1. The summed E-state index contributed by atoms with van der Waals surface area (Å²) in [5, 5.41) is 2.35. The first-order chi connectivity index (χ1) is 6.65. The second-order valence-corrected chi connectivity index (χ2v) is 3.22. The van der Waals surface area contributed by atoms with E-state index in [2.05, 4.69) is 5.32 Å². The van der Waals surface area contributed by atoms with E-state index in [1.165, 1.54) is 0 Å². The van der Waals surface area contributed by atoms with Gasteiger partial charge in [0.2, 0.25) is 6.41 Å². The van der Waals surface area contributed by atoms with Gasteiger partial charge >= 0.3 is 0 Å². The van der Waals surface area contributed by atoms with Crippen molar-refractivity contribution in [2.45, 2.75) is 13.8 Å². The number of carbonyl (C=O) groups excluding carboxylic acids is 2. The van der Waals surface area contributed by atoms with Gasteiger partial charge in [0, 0.05) is 5.56 Å². The largest absolute Gasteiger partial charge is 0.351 e. The molecular weight excluding hydrogens is 178 g/mol. The highest BCUT2D eigenvalue weighted by atomic mass is 16.1. The van der Waals surface area contributed by atoms with Crippen molar-refractivity contribution in [3.63, 3.8) is 0 Å². The Bertz CT molecular complexity index is 358. The summed E-state index contributed by atoms with van der Waals surface area (Å²) in [6.45, 7) is 4.01. The summed E-state index contributed by atoms with van der Waals surface area (Å²) in [6, 6.07) is 5.52. The van der Waals surface area contributed by atoms with Crippen LogP contribution < -0.4 is 5.32 Å². The predicted molar refractivity (Wildman–Crippen MR) is 54.3 cm³/mol. The third-order valence-corrected chi connectivity index (χ3v) is 2.17. The van der Waals surface area contributed by atoms with Crippen molar-refractivity contribution in [3.8, 4) is 0 Å². The number of aryl methyl sites for hydroxylation is 2. The molecule has 0 spiro atoms. The number of amides is 1. The van der Waals surface area contributed by atoms with Crippen molar-refractivity contribution in [2.24, 2.45) is 0 Å². The third kappa shape index (κ3) is 2.42. The third-order valence-electron chi connectivity index (χ3n) is 2.17. The molecule has 1 aromatic carbocycles. The lowest BCUT2D eigenvalue weighted by Gasteiger charge is -2.03. The maximum Gasteiger partial charge on any atom is 0.207 e. The van der Waals surface area contributed by atoms with E-state index in [4.69, 9.17) is 0 Å². The summed E-state index contributed by atoms with van der Waals surface area (Å²) in [5.41, 5.74) is 2.88. The van der Waals surface area contributed by atoms with Crippen LogP contribution in [0.5, 0.6) is 0 Å². The number of hydrogen-bond donors (Lipinski definition) is 1. The summed E-state index contributed by atoms with van der Waals surface area (Å²) in [7, 11) is 0. The lowest BCUT2D eigenvalue weighted by molar-refractivity contribution is -0.109. The van der Waals surface area contributed by atoms with Crippen LogP contribution in [0.2, 0.25) is 0 Å². The molecule has 0 saturated carbocycles. The molecule has 3 heteroatoms. The molecule has 0 atom stereocenters. The van der Waals surface area contributed by atoms with Crippen LogP contribution in [0.4, 0.5) is 0 Å². The number of nitrogens with one attached hydrogen (secondary N) is 1. The molecule has 0 aliphatic heterocycles. The van der Waals surface area contributed by atoms with Gasteiger partial charge in [0.25, 0.3) is 0 Å². The second-order valence-electron chi connectivity index (χ2n) is 3.22. The van der Waals surface area contributed by atoms with Gasteiger partial charge in [-0.3, -0.25) is 9.59 Å². The van der Waals surface area contributed by atoms with Gasteiger partial charge in [-0.1, -0.05) is 12.1 Å². The van der Waals surface area contributed by atoms with Crippen molar-refractivity contribution in [1.29, 1.82) is 0 Å². The maximum absolute atomic E-state index is 11.4. The smallest absolute Gasteiger partial charge is 0.207 e. The fourth-order valence-corrected chi connectivity index (χ4v) is 1.15. The van der Waals surface area contributed by atoms with E-state index < -0.39 is 0 Å². The van der Waals surface area contributed by atoms with Crippen LogP contribution in [-0.4, -0.2) is 18.7 Å². The normalized spacial score (nSPS) is 9.57. The Hall–Kier alpha value is -1.64. The first kappa shape index (κ1) is 10.4. The Morgan fingerprint density at radius 2 is 2.07 bits per heavy atom. The molecule has 0 aliphatic carbocycles. The summed E-state index contributed by atoms with van der Waals surface area (Å²) in [5.74, 6) is -0.0693. The molecule has 0 bridgehead atoms. The van der Waals surface area contributed by atoms with E-state index in [9.17, 15) is 9.59 Å². The molecule has 0 saturated heterocycles. The van der Waals surface area contributed by atoms with Crippen LogP contribution in [0.15, 0.2) is 18.2 Å². The van der Waals surface area contributed by atoms with E-state index >= 15 is 0 Å². The van der Waals surface area contributed by atoms with Gasteiger partial charge < -0.3 is 5.32 Å². The predicted octanol–water partition coefficient (Wildman–Crippen LogP) is 1.23. The molecule has 74 valence electrons. The molecule has 1 N–H and O–H groups in total. The Morgan fingerprint density at radius 3 is 2.64 bits per heavy atom. The van der Waals surface area contributed by atoms with Gasteiger partial charge in [0.1, 0.15) is 0 Å². The first-order valence-electron chi connectivity index (χ1n) is 4.42. The van der Waals surface area contributed by atoms with Crippen LogP contribution in [0.25, 0.3) is 0 Å². The number of carbonyl (C=O) groups is 2. The van der Waals surface area contributed by atoms with Crippen LogP contribution >= 0.6 is 0 Å². The van der Waals surface area contributed by atoms with Crippen LogP contribution in [0.3, 0.4) is 0 Å². The molecule has 0 aromatic heterocycles. The lowest BCUT2D eigenvalue weighted by Crippen LogP contribution is -2.21. The zero-order valence-electron chi connectivity index (χ0n) is 8.33. The molecule has 0 radical (unpaired) electrons. The average molecular weight is 191 g/mol. The van der Waals surface area contributed by atoms with Gasteiger partial charge in [-0.25, -0.2) is 0 Å². The zero-order valence-corrected chi connectivity index (χ0v) is 8.33. The number of hydrogen-bond acceptors (Lipinski definition) is 2. The number of rotatable bonds is 4. The molecule has 0 fully saturated rings. The van der Waals surface area contributed by atoms with Gasteiger partial charge in [-0.2, -0.15) is 0 Å². The lowest BCUT2D eigenvalue weighted by atomic mass is 10.0. The topological polar surface area (TPSA) is 46.2 Å². The average Bonchev–Trinajstić information content (AvgIpc) is 2.18. The van der Waals surface area contributed by atoms with E-state index in [0.717, 1.165) is 11.1 Å². The molecule has 0 aliphatic rings. The Labute approximate surface area is 83.1 Å². The van der Waals surface area contributed by atoms with Gasteiger partial charge in [0.05, 0.1) is 6.54 Å². The quantitative estimate of drug-likeness (QED) is 0.574. The molecule has 1 amide bonds. The zero-order chi connectivity index (χ0) is 10.6. The molecular formula is C11H13NO2. The second kappa shape index (κ2) is 4.56. The van der Waals surface area contributed by atoms with Crippen molar-refractivity contribution in [2.75, 3.05) is 6.54 Å². The minimum Gasteiger partial charge on any atom is -0.351 e. The number of benzene rings is 1. The van der Waals surface area contributed by atoms with Crippen LogP contribution in [-0.2, 0) is 4.79 Å². The van der Waals surface area contributed by atoms with E-state index in [0.29, 0.717) is 12.0 Å². The summed E-state index contributed by atoms with van der Waals surface area (Å²) in [4.78, 5) is 21.4. The molecule has 1 aromatic rings. The monoisotopic (exact) mass is 191 g/mol. The standard InChI is InChI=1S/C11H13NO2/c1-8-3-4-10(5-9(8)2)11(14)6-12-7-13/h3-5,7H,6H2,1-2H3,(H,12,13). The molecule has 1 rings (SSSR count). The molecule has 0 unspecified atom stereocenters. The van der Waals surface area contributed by atoms with E-state index in [-0.39, 0.29) is 12.3 Å². The SMILES string of the molecule is Cc1ccc(C(=O)CNC=O)cc1C. The van der Waals surface area contributed by atoms with E-state index in [1.807, 2.05) is 26.0 Å². The van der Waals surface area contributed by atoms with Crippen molar-refractivity contribution < 1.29 is 9.59 Å². The Balaban J connectivity index is 2.80. The first-order valence-corrected chi connectivity index (χ1v) is 4.42. The Morgan fingerprint density at radius 1 is 1.36 bits per heavy atom. The van der Waals surface area contributed by atoms with Crippen molar-refractivity contribution >= 4 is 12.2 Å². The Kier molecular flexibility index (Phi) is 3.40. The highest BCUT2D eigenvalue weighted by Crippen LogP contribution is 2.09. The summed E-state index contributed by atoms with van der Waals surface area (Å²) >= 11 is 0. The highest BCUT2D eigenvalue weighted by Gasteiger charge is 2.05. The minimum atomic E-state index is -0.0693. The molecule has 14 heavy (non-hydrogen) atoms. The fourth-order valence-electron chi connectivity index (χ4n) is 1.15. The molecule has 0 heterocycles. The van der Waals surface area contributed by atoms with Crippen LogP contribution in [0, 0.1) is 13.8 Å². The summed E-state index contributed by atoms with van der Waals surface area (Å²) in [6.07, 6.45) is 0.527. The van der Waals surface area contributed by atoms with Gasteiger partial charge in [-0.05, 0) is 31.0 Å². The highest BCUT2D eigenvalue weighted by molar-refractivity contribution is 5.98. The van der Waals surface area contributed by atoms with Crippen molar-refractivity contribution in [1.82, 2.24) is 5.32 Å². The van der Waals surface area contributed by atoms with Crippen molar-refractivity contribution in [3.05, 3.63) is 34.9 Å².